The van der Waals surface area contributed by atoms with Gasteiger partial charge in [0.1, 0.15) is 11.5 Å². The van der Waals surface area contributed by atoms with Gasteiger partial charge in [-0.3, -0.25) is 4.79 Å². The van der Waals surface area contributed by atoms with Crippen molar-refractivity contribution >= 4 is 23.5 Å². The molecule has 3 rings (SSSR count). The van der Waals surface area contributed by atoms with E-state index in [0.29, 0.717) is 38.4 Å². The van der Waals surface area contributed by atoms with Gasteiger partial charge in [0.05, 0.1) is 19.0 Å². The number of carbonyl (C=O) groups is 2. The zero-order valence-corrected chi connectivity index (χ0v) is 16.1. The number of nitrogens with one attached hydrogen (secondary N) is 2. The summed E-state index contributed by atoms with van der Waals surface area (Å²) in [7, 11) is 0. The molecule has 0 radical (unpaired) electrons. The third-order valence-electron chi connectivity index (χ3n) is 4.65. The minimum atomic E-state index is -0.296. The quantitative estimate of drug-likeness (QED) is 0.824. The maximum Gasteiger partial charge on any atom is 0.409 e. The molecule has 1 aromatic heterocycles. The van der Waals surface area contributed by atoms with Crippen LogP contribution in [0.1, 0.15) is 35.8 Å². The Bertz CT molecular complexity index is 817. The maximum absolute atomic E-state index is 12.4. The third kappa shape index (κ3) is 4.97. The van der Waals surface area contributed by atoms with E-state index in [1.807, 2.05) is 31.2 Å². The van der Waals surface area contributed by atoms with Gasteiger partial charge < -0.3 is 20.3 Å². The maximum atomic E-state index is 12.4. The molecule has 8 nitrogen and oxygen atoms in total. The molecular weight excluding hydrogens is 358 g/mol. The van der Waals surface area contributed by atoms with Gasteiger partial charge in [0.2, 0.25) is 0 Å². The predicted molar refractivity (Wildman–Crippen MR) is 106 cm³/mol. The van der Waals surface area contributed by atoms with Crippen molar-refractivity contribution in [3.8, 4) is 0 Å². The fourth-order valence-electron chi connectivity index (χ4n) is 3.04. The van der Waals surface area contributed by atoms with E-state index in [1.54, 1.807) is 18.0 Å². The standard InChI is InChI=1S/C20H25N5O3/c1-3-28-20(27)25-10-8-15(9-11-25)23-19(26)17-12-22-18(13-21-17)24-16-7-5-4-6-14(16)2/h4-7,12-13,15H,3,8-11H2,1-2H3,(H,22,24)(H,23,26). The van der Waals surface area contributed by atoms with Gasteiger partial charge in [-0.2, -0.15) is 0 Å². The van der Waals surface area contributed by atoms with Crippen LogP contribution in [0.3, 0.4) is 0 Å². The second-order valence-corrected chi connectivity index (χ2v) is 6.66. The number of ether oxygens (including phenoxy) is 1. The second kappa shape index (κ2) is 9.16. The minimum absolute atomic E-state index is 0.00439. The Morgan fingerprint density at radius 1 is 1.18 bits per heavy atom. The average Bonchev–Trinajstić information content (AvgIpc) is 2.71. The summed E-state index contributed by atoms with van der Waals surface area (Å²) in [5.41, 5.74) is 2.31. The van der Waals surface area contributed by atoms with E-state index in [2.05, 4.69) is 20.6 Å². The van der Waals surface area contributed by atoms with Crippen molar-refractivity contribution in [3.63, 3.8) is 0 Å². The topological polar surface area (TPSA) is 96.5 Å². The van der Waals surface area contributed by atoms with Crippen LogP contribution in [0.15, 0.2) is 36.7 Å². The second-order valence-electron chi connectivity index (χ2n) is 6.66. The van der Waals surface area contributed by atoms with E-state index in [1.165, 1.54) is 6.20 Å². The lowest BCUT2D eigenvalue weighted by Gasteiger charge is -2.31. The Hall–Kier alpha value is -3.16. The molecule has 2 heterocycles. The van der Waals surface area contributed by atoms with Crippen LogP contribution in [-0.2, 0) is 4.74 Å². The van der Waals surface area contributed by atoms with Crippen molar-refractivity contribution < 1.29 is 14.3 Å². The molecule has 2 N–H and O–H groups in total. The fraction of sp³-hybridized carbons (Fsp3) is 0.400. The zero-order valence-electron chi connectivity index (χ0n) is 16.1. The van der Waals surface area contributed by atoms with Crippen molar-refractivity contribution in [1.29, 1.82) is 0 Å². The fourth-order valence-corrected chi connectivity index (χ4v) is 3.04. The van der Waals surface area contributed by atoms with Crippen LogP contribution < -0.4 is 10.6 Å². The monoisotopic (exact) mass is 383 g/mol. The molecule has 2 aromatic rings. The Balaban J connectivity index is 1.51. The molecule has 0 unspecified atom stereocenters. The van der Waals surface area contributed by atoms with Crippen LogP contribution in [0, 0.1) is 6.92 Å². The Morgan fingerprint density at radius 3 is 2.57 bits per heavy atom. The summed E-state index contributed by atoms with van der Waals surface area (Å²) < 4.78 is 5.00. The molecule has 0 saturated carbocycles. The van der Waals surface area contributed by atoms with Gasteiger partial charge in [-0.1, -0.05) is 18.2 Å². The number of hydrogen-bond donors (Lipinski definition) is 2. The zero-order chi connectivity index (χ0) is 19.9. The summed E-state index contributed by atoms with van der Waals surface area (Å²) in [6, 6.07) is 7.88. The summed E-state index contributed by atoms with van der Waals surface area (Å²) in [5, 5.41) is 6.16. The molecule has 28 heavy (non-hydrogen) atoms. The van der Waals surface area contributed by atoms with Crippen molar-refractivity contribution in [1.82, 2.24) is 20.2 Å². The van der Waals surface area contributed by atoms with E-state index in [0.717, 1.165) is 11.3 Å². The molecule has 1 aliphatic heterocycles. The van der Waals surface area contributed by atoms with E-state index in [9.17, 15) is 9.59 Å². The van der Waals surface area contributed by atoms with Gasteiger partial charge in [0.15, 0.2) is 0 Å². The number of anilines is 2. The number of likely N-dealkylation sites (tertiary alicyclic amines) is 1. The molecule has 148 valence electrons. The highest BCUT2D eigenvalue weighted by atomic mass is 16.6. The number of hydrogen-bond acceptors (Lipinski definition) is 6. The highest BCUT2D eigenvalue weighted by Gasteiger charge is 2.25. The summed E-state index contributed by atoms with van der Waals surface area (Å²) in [6.07, 6.45) is 4.08. The number of piperidine rings is 1. The van der Waals surface area contributed by atoms with Crippen LogP contribution in [0.5, 0.6) is 0 Å². The molecule has 1 aromatic carbocycles. The lowest BCUT2D eigenvalue weighted by molar-refractivity contribution is 0.0856. The molecule has 0 atom stereocenters. The number of benzene rings is 1. The highest BCUT2D eigenvalue weighted by molar-refractivity contribution is 5.92. The highest BCUT2D eigenvalue weighted by Crippen LogP contribution is 2.18. The van der Waals surface area contributed by atoms with E-state index in [4.69, 9.17) is 4.74 Å². The first-order valence-electron chi connectivity index (χ1n) is 9.44. The first-order chi connectivity index (χ1) is 13.6. The summed E-state index contributed by atoms with van der Waals surface area (Å²) in [6.45, 7) is 5.28. The lowest BCUT2D eigenvalue weighted by atomic mass is 10.1. The van der Waals surface area contributed by atoms with E-state index >= 15 is 0 Å². The van der Waals surface area contributed by atoms with Gasteiger partial charge in [0, 0.05) is 24.8 Å². The molecule has 0 bridgehead atoms. The summed E-state index contributed by atoms with van der Waals surface area (Å²) in [5.74, 6) is 0.318. The number of amides is 2. The van der Waals surface area contributed by atoms with Crippen LogP contribution in [0.2, 0.25) is 0 Å². The van der Waals surface area contributed by atoms with Crippen molar-refractivity contribution in [2.75, 3.05) is 25.0 Å². The average molecular weight is 383 g/mol. The predicted octanol–water partition coefficient (Wildman–Crippen LogP) is 2.88. The first-order valence-corrected chi connectivity index (χ1v) is 9.44. The SMILES string of the molecule is CCOC(=O)N1CCC(NC(=O)c2cnc(Nc3ccccc3C)cn2)CC1. The normalized spacial score (nSPS) is 14.4. The minimum Gasteiger partial charge on any atom is -0.450 e. The largest absolute Gasteiger partial charge is 0.450 e. The van der Waals surface area contributed by atoms with Gasteiger partial charge in [-0.05, 0) is 38.3 Å². The van der Waals surface area contributed by atoms with Gasteiger partial charge in [-0.25, -0.2) is 14.8 Å². The number of aryl methyl sites for hydroxylation is 1. The number of aromatic nitrogens is 2. The van der Waals surface area contributed by atoms with Gasteiger partial charge >= 0.3 is 6.09 Å². The third-order valence-corrected chi connectivity index (χ3v) is 4.65. The molecule has 1 saturated heterocycles. The molecule has 8 heteroatoms. The number of rotatable bonds is 5. The smallest absolute Gasteiger partial charge is 0.409 e. The van der Waals surface area contributed by atoms with Gasteiger partial charge in [-0.15, -0.1) is 0 Å². The van der Waals surface area contributed by atoms with E-state index < -0.39 is 0 Å². The molecule has 0 spiro atoms. The van der Waals surface area contributed by atoms with Crippen molar-refractivity contribution in [3.05, 3.63) is 47.9 Å². The van der Waals surface area contributed by atoms with Gasteiger partial charge in [0.25, 0.3) is 5.91 Å². The van der Waals surface area contributed by atoms with Crippen LogP contribution in [-0.4, -0.2) is 52.6 Å². The molecule has 0 aliphatic carbocycles. The summed E-state index contributed by atoms with van der Waals surface area (Å²) in [4.78, 5) is 34.3. The van der Waals surface area contributed by atoms with Crippen molar-refractivity contribution in [2.45, 2.75) is 32.7 Å². The number of nitrogens with zero attached hydrogens (tertiary/aromatic N) is 3. The molecule has 1 fully saturated rings. The number of para-hydroxylation sites is 1. The Kier molecular flexibility index (Phi) is 6.41. The Labute approximate surface area is 164 Å². The number of carbonyl (C=O) groups excluding carboxylic acids is 2. The molecular formula is C20H25N5O3. The summed E-state index contributed by atoms with van der Waals surface area (Å²) >= 11 is 0. The lowest BCUT2D eigenvalue weighted by Crippen LogP contribution is -2.46. The Morgan fingerprint density at radius 2 is 1.93 bits per heavy atom. The molecule has 2 amide bonds. The molecule has 1 aliphatic rings. The van der Waals surface area contributed by atoms with Crippen LogP contribution in [0.25, 0.3) is 0 Å². The first kappa shape index (κ1) is 19.6. The van der Waals surface area contributed by atoms with Crippen LogP contribution >= 0.6 is 0 Å². The van der Waals surface area contributed by atoms with E-state index in [-0.39, 0.29) is 23.7 Å². The van der Waals surface area contributed by atoms with Crippen molar-refractivity contribution in [2.24, 2.45) is 0 Å². The van der Waals surface area contributed by atoms with Crippen LogP contribution in [0.4, 0.5) is 16.3 Å².